The first kappa shape index (κ1) is 22.7. The van der Waals surface area contributed by atoms with Crippen LogP contribution in [0, 0.1) is 40.4 Å². The molecule has 4 nitrogen and oxygen atoms in total. The van der Waals surface area contributed by atoms with E-state index >= 15 is 0 Å². The van der Waals surface area contributed by atoms with E-state index < -0.39 is 0 Å². The van der Waals surface area contributed by atoms with Crippen LogP contribution in [0.2, 0.25) is 0 Å². The standard InChI is InChI=1S/C28H42O4/c1-16-13-25(32-26(31)21(16)15-29)17(2)22-7-8-23-20-6-5-18-14-19(30)9-11-27(18,3)24(20)10-12-28(22,23)4/h5,17,19-20,22-25,29-30H,6-15H2,1-4H3/t17-,19?,20?,22?,23?,24?,25?,27?,28?/m0/s1. The zero-order chi connectivity index (χ0) is 22.8. The summed E-state index contributed by atoms with van der Waals surface area (Å²) in [6.07, 6.45) is 12.3. The second-order valence-corrected chi connectivity index (χ2v) is 12.3. The Kier molecular flexibility index (Phi) is 5.65. The maximum Gasteiger partial charge on any atom is 0.336 e. The minimum atomic E-state index is -0.311. The second-order valence-electron chi connectivity index (χ2n) is 12.3. The van der Waals surface area contributed by atoms with Gasteiger partial charge in [0.25, 0.3) is 0 Å². The van der Waals surface area contributed by atoms with Crippen molar-refractivity contribution in [2.45, 2.75) is 97.7 Å². The van der Waals surface area contributed by atoms with Crippen LogP contribution in [-0.4, -0.2) is 35.0 Å². The Hall–Kier alpha value is -1.13. The molecule has 4 aliphatic carbocycles. The Morgan fingerprint density at radius 1 is 1.12 bits per heavy atom. The number of carbonyl (C=O) groups excluding carboxylic acids is 1. The van der Waals surface area contributed by atoms with Gasteiger partial charge in [0.05, 0.1) is 18.3 Å². The number of ether oxygens (including phenoxy) is 1. The molecule has 3 fully saturated rings. The van der Waals surface area contributed by atoms with Gasteiger partial charge in [0, 0.05) is 6.42 Å². The third-order valence-corrected chi connectivity index (χ3v) is 11.1. The van der Waals surface area contributed by atoms with Crippen molar-refractivity contribution < 1.29 is 19.7 Å². The number of allylic oxidation sites excluding steroid dienone is 1. The van der Waals surface area contributed by atoms with E-state index in [0.29, 0.717) is 22.8 Å². The maximum absolute atomic E-state index is 12.4. The first-order chi connectivity index (χ1) is 15.2. The minimum Gasteiger partial charge on any atom is -0.458 e. The van der Waals surface area contributed by atoms with Crippen LogP contribution in [0.3, 0.4) is 0 Å². The Labute approximate surface area is 193 Å². The number of fused-ring (bicyclic) bond motifs is 5. The van der Waals surface area contributed by atoms with Crippen LogP contribution in [0.4, 0.5) is 0 Å². The van der Waals surface area contributed by atoms with E-state index in [1.165, 1.54) is 32.1 Å². The van der Waals surface area contributed by atoms with E-state index in [9.17, 15) is 15.0 Å². The van der Waals surface area contributed by atoms with Crippen LogP contribution in [0.1, 0.15) is 85.5 Å². The van der Waals surface area contributed by atoms with Crippen LogP contribution >= 0.6 is 0 Å². The highest BCUT2D eigenvalue weighted by atomic mass is 16.5. The molecule has 0 aromatic heterocycles. The molecule has 0 aromatic carbocycles. The van der Waals surface area contributed by atoms with Gasteiger partial charge in [0.2, 0.25) is 0 Å². The average Bonchev–Trinajstić information content (AvgIpc) is 3.10. The molecule has 178 valence electrons. The summed E-state index contributed by atoms with van der Waals surface area (Å²) in [7, 11) is 0. The molecule has 32 heavy (non-hydrogen) atoms. The normalized spacial score (nSPS) is 47.2. The number of aliphatic hydroxyl groups is 2. The Morgan fingerprint density at radius 2 is 1.91 bits per heavy atom. The number of esters is 1. The summed E-state index contributed by atoms with van der Waals surface area (Å²) in [5, 5.41) is 19.8. The highest BCUT2D eigenvalue weighted by Gasteiger charge is 2.59. The lowest BCUT2D eigenvalue weighted by molar-refractivity contribution is -0.152. The molecule has 0 spiro atoms. The van der Waals surface area contributed by atoms with E-state index in [1.54, 1.807) is 5.57 Å². The van der Waals surface area contributed by atoms with Crippen LogP contribution < -0.4 is 0 Å². The molecule has 1 heterocycles. The summed E-state index contributed by atoms with van der Waals surface area (Å²) in [5.41, 5.74) is 3.61. The van der Waals surface area contributed by atoms with Gasteiger partial charge in [-0.3, -0.25) is 0 Å². The highest BCUT2D eigenvalue weighted by molar-refractivity contribution is 5.90. The van der Waals surface area contributed by atoms with Crippen molar-refractivity contribution in [3.8, 4) is 0 Å². The first-order valence-corrected chi connectivity index (χ1v) is 13.1. The van der Waals surface area contributed by atoms with Gasteiger partial charge in [-0.2, -0.15) is 0 Å². The summed E-state index contributed by atoms with van der Waals surface area (Å²) in [5.74, 6) is 2.88. The van der Waals surface area contributed by atoms with Crippen molar-refractivity contribution in [1.82, 2.24) is 0 Å². The molecule has 4 heteroatoms. The number of cyclic esters (lactones) is 1. The topological polar surface area (TPSA) is 66.8 Å². The van der Waals surface area contributed by atoms with Crippen LogP contribution in [0.15, 0.2) is 22.8 Å². The van der Waals surface area contributed by atoms with Crippen molar-refractivity contribution in [2.24, 2.45) is 40.4 Å². The fourth-order valence-corrected chi connectivity index (χ4v) is 9.15. The molecule has 0 bridgehead atoms. The van der Waals surface area contributed by atoms with Gasteiger partial charge in [-0.1, -0.05) is 38.0 Å². The lowest BCUT2D eigenvalue weighted by atomic mass is 9.47. The molecule has 5 rings (SSSR count). The summed E-state index contributed by atoms with van der Waals surface area (Å²) in [6.45, 7) is 9.10. The zero-order valence-corrected chi connectivity index (χ0v) is 20.4. The predicted molar refractivity (Wildman–Crippen MR) is 125 cm³/mol. The third-order valence-electron chi connectivity index (χ3n) is 11.1. The van der Waals surface area contributed by atoms with Gasteiger partial charge in [-0.15, -0.1) is 0 Å². The van der Waals surface area contributed by atoms with E-state index in [-0.39, 0.29) is 30.2 Å². The van der Waals surface area contributed by atoms with Gasteiger partial charge in [-0.05, 0) is 98.7 Å². The van der Waals surface area contributed by atoms with Gasteiger partial charge in [-0.25, -0.2) is 4.79 Å². The van der Waals surface area contributed by atoms with Crippen LogP contribution in [0.25, 0.3) is 0 Å². The third kappa shape index (κ3) is 3.27. The van der Waals surface area contributed by atoms with Crippen LogP contribution in [0.5, 0.6) is 0 Å². The molecular formula is C28H42O4. The molecule has 2 N–H and O–H groups in total. The smallest absolute Gasteiger partial charge is 0.336 e. The van der Waals surface area contributed by atoms with Crippen molar-refractivity contribution in [1.29, 1.82) is 0 Å². The molecular weight excluding hydrogens is 400 g/mol. The quantitative estimate of drug-likeness (QED) is 0.466. The molecule has 3 saturated carbocycles. The zero-order valence-electron chi connectivity index (χ0n) is 20.4. The maximum atomic E-state index is 12.4. The van der Waals surface area contributed by atoms with Gasteiger partial charge >= 0.3 is 5.97 Å². The van der Waals surface area contributed by atoms with Crippen molar-refractivity contribution in [2.75, 3.05) is 6.61 Å². The minimum absolute atomic E-state index is 0.0636. The SMILES string of the molecule is CC1=C(CO)C(=O)OC([C@@H](C)C2CCC3C4CC=C5CC(O)CCC5(C)C4CCC32C)C1. The predicted octanol–water partition coefficient (Wildman–Crippen LogP) is 5.19. The molecule has 5 aliphatic rings. The van der Waals surface area contributed by atoms with Gasteiger partial charge < -0.3 is 14.9 Å². The lowest BCUT2D eigenvalue weighted by Gasteiger charge is -2.58. The van der Waals surface area contributed by atoms with Crippen molar-refractivity contribution in [3.05, 3.63) is 22.8 Å². The monoisotopic (exact) mass is 442 g/mol. The highest BCUT2D eigenvalue weighted by Crippen LogP contribution is 2.67. The van der Waals surface area contributed by atoms with Crippen LogP contribution in [-0.2, 0) is 9.53 Å². The summed E-state index contributed by atoms with van der Waals surface area (Å²) in [6, 6.07) is 0. The fourth-order valence-electron chi connectivity index (χ4n) is 9.15. The van der Waals surface area contributed by atoms with E-state index in [2.05, 4.69) is 26.8 Å². The number of carbonyl (C=O) groups is 1. The van der Waals surface area contributed by atoms with E-state index in [0.717, 1.165) is 49.0 Å². The molecule has 0 aromatic rings. The summed E-state index contributed by atoms with van der Waals surface area (Å²) < 4.78 is 5.87. The summed E-state index contributed by atoms with van der Waals surface area (Å²) >= 11 is 0. The second kappa shape index (κ2) is 7.98. The molecule has 9 atom stereocenters. The lowest BCUT2D eigenvalue weighted by Crippen LogP contribution is -2.51. The Morgan fingerprint density at radius 3 is 2.62 bits per heavy atom. The molecule has 1 aliphatic heterocycles. The van der Waals surface area contributed by atoms with E-state index in [4.69, 9.17) is 4.74 Å². The largest absolute Gasteiger partial charge is 0.458 e. The molecule has 8 unspecified atom stereocenters. The molecule has 0 radical (unpaired) electrons. The van der Waals surface area contributed by atoms with E-state index in [1.807, 2.05) is 6.92 Å². The average molecular weight is 443 g/mol. The number of hydrogen-bond donors (Lipinski definition) is 2. The number of rotatable bonds is 3. The van der Waals surface area contributed by atoms with Crippen molar-refractivity contribution in [3.63, 3.8) is 0 Å². The number of aliphatic hydroxyl groups excluding tert-OH is 2. The Bertz CT molecular complexity index is 842. The summed E-state index contributed by atoms with van der Waals surface area (Å²) in [4.78, 5) is 12.4. The molecule has 0 saturated heterocycles. The van der Waals surface area contributed by atoms with Crippen molar-refractivity contribution >= 4 is 5.97 Å². The van der Waals surface area contributed by atoms with Gasteiger partial charge in [0.1, 0.15) is 6.10 Å². The fraction of sp³-hybridized carbons (Fsp3) is 0.821. The Balaban J connectivity index is 1.37. The first-order valence-electron chi connectivity index (χ1n) is 13.1. The number of hydrogen-bond acceptors (Lipinski definition) is 4. The molecule has 0 amide bonds. The van der Waals surface area contributed by atoms with Gasteiger partial charge in [0.15, 0.2) is 0 Å².